The first-order chi connectivity index (χ1) is 12.0. The minimum atomic E-state index is -0.294. The van der Waals surface area contributed by atoms with Crippen LogP contribution < -0.4 is 5.32 Å². The van der Waals surface area contributed by atoms with Gasteiger partial charge >= 0.3 is 0 Å². The van der Waals surface area contributed by atoms with Gasteiger partial charge in [-0.15, -0.1) is 0 Å². The SMILES string of the molecule is C=CC(=O)N1CCN(CCNC(=O)c2cc(I)c(Cl)cc2C=O)CC1. The fourth-order valence-corrected chi connectivity index (χ4v) is 3.24. The molecule has 1 aliphatic heterocycles. The van der Waals surface area contributed by atoms with Gasteiger partial charge < -0.3 is 10.2 Å². The van der Waals surface area contributed by atoms with E-state index in [0.29, 0.717) is 43.1 Å². The second-order valence-corrected chi connectivity index (χ2v) is 7.17. The fourth-order valence-electron chi connectivity index (χ4n) is 2.60. The number of nitrogens with one attached hydrogen (secondary N) is 1. The molecular formula is C17H19ClIN3O3. The summed E-state index contributed by atoms with van der Waals surface area (Å²) in [4.78, 5) is 38.9. The van der Waals surface area contributed by atoms with Crippen LogP contribution in [0.25, 0.3) is 0 Å². The molecule has 1 saturated heterocycles. The zero-order chi connectivity index (χ0) is 18.4. The van der Waals surface area contributed by atoms with Gasteiger partial charge in [0.2, 0.25) is 5.91 Å². The molecule has 2 rings (SSSR count). The molecule has 0 saturated carbocycles. The van der Waals surface area contributed by atoms with Crippen molar-refractivity contribution in [3.05, 3.63) is 44.5 Å². The Balaban J connectivity index is 1.84. The highest BCUT2D eigenvalue weighted by molar-refractivity contribution is 14.1. The van der Waals surface area contributed by atoms with Crippen molar-refractivity contribution in [3.8, 4) is 0 Å². The number of hydrogen-bond acceptors (Lipinski definition) is 4. The van der Waals surface area contributed by atoms with Crippen molar-refractivity contribution in [3.63, 3.8) is 0 Å². The van der Waals surface area contributed by atoms with Crippen molar-refractivity contribution in [2.75, 3.05) is 39.3 Å². The average molecular weight is 476 g/mol. The van der Waals surface area contributed by atoms with Crippen molar-refractivity contribution in [2.24, 2.45) is 0 Å². The highest BCUT2D eigenvalue weighted by atomic mass is 127. The summed E-state index contributed by atoms with van der Waals surface area (Å²) in [6, 6.07) is 3.11. The zero-order valence-electron chi connectivity index (χ0n) is 13.6. The van der Waals surface area contributed by atoms with Gasteiger partial charge in [-0.2, -0.15) is 0 Å². The summed E-state index contributed by atoms with van der Waals surface area (Å²) in [7, 11) is 0. The number of benzene rings is 1. The van der Waals surface area contributed by atoms with Crippen molar-refractivity contribution in [2.45, 2.75) is 0 Å². The third-order valence-corrected chi connectivity index (χ3v) is 5.56. The van der Waals surface area contributed by atoms with E-state index in [9.17, 15) is 14.4 Å². The Morgan fingerprint density at radius 3 is 2.56 bits per heavy atom. The van der Waals surface area contributed by atoms with Gasteiger partial charge in [-0.1, -0.05) is 18.2 Å². The van der Waals surface area contributed by atoms with Crippen LogP contribution in [-0.4, -0.2) is 67.2 Å². The van der Waals surface area contributed by atoms with Crippen LogP contribution in [0, 0.1) is 3.57 Å². The largest absolute Gasteiger partial charge is 0.351 e. The van der Waals surface area contributed by atoms with Crippen molar-refractivity contribution in [1.29, 1.82) is 0 Å². The van der Waals surface area contributed by atoms with Crippen molar-refractivity contribution < 1.29 is 14.4 Å². The average Bonchev–Trinajstić information content (AvgIpc) is 2.63. The van der Waals surface area contributed by atoms with Gasteiger partial charge in [0.05, 0.1) is 10.6 Å². The summed E-state index contributed by atoms with van der Waals surface area (Å²) < 4.78 is 0.720. The second-order valence-electron chi connectivity index (χ2n) is 5.60. The van der Waals surface area contributed by atoms with Gasteiger partial charge in [-0.05, 0) is 40.8 Å². The van der Waals surface area contributed by atoms with Crippen LogP contribution in [0.5, 0.6) is 0 Å². The minimum absolute atomic E-state index is 0.0494. The van der Waals surface area contributed by atoms with Gasteiger partial charge in [0, 0.05) is 48.4 Å². The molecule has 0 aromatic heterocycles. The van der Waals surface area contributed by atoms with Crippen LogP contribution >= 0.6 is 34.2 Å². The summed E-state index contributed by atoms with van der Waals surface area (Å²) in [5.74, 6) is -0.344. The van der Waals surface area contributed by atoms with Gasteiger partial charge in [0.15, 0.2) is 6.29 Å². The van der Waals surface area contributed by atoms with Crippen LogP contribution in [0.3, 0.4) is 0 Å². The lowest BCUT2D eigenvalue weighted by Crippen LogP contribution is -2.49. The highest BCUT2D eigenvalue weighted by Gasteiger charge is 2.19. The van der Waals surface area contributed by atoms with Gasteiger partial charge in [0.25, 0.3) is 5.91 Å². The summed E-state index contributed by atoms with van der Waals surface area (Å²) in [5.41, 5.74) is 0.602. The van der Waals surface area contributed by atoms with E-state index in [1.807, 2.05) is 22.6 Å². The van der Waals surface area contributed by atoms with Crippen LogP contribution in [0.4, 0.5) is 0 Å². The summed E-state index contributed by atoms with van der Waals surface area (Å²) in [5, 5.41) is 3.28. The molecule has 0 unspecified atom stereocenters. The Morgan fingerprint density at radius 1 is 1.28 bits per heavy atom. The molecule has 0 aliphatic carbocycles. The van der Waals surface area contributed by atoms with Gasteiger partial charge in [-0.25, -0.2) is 0 Å². The molecule has 1 aliphatic rings. The first-order valence-electron chi connectivity index (χ1n) is 7.82. The smallest absolute Gasteiger partial charge is 0.252 e. The molecule has 1 N–H and O–H groups in total. The molecule has 1 aromatic rings. The van der Waals surface area contributed by atoms with Crippen molar-refractivity contribution in [1.82, 2.24) is 15.1 Å². The Bertz CT molecular complexity index is 688. The minimum Gasteiger partial charge on any atom is -0.351 e. The Kier molecular flexibility index (Phi) is 7.39. The van der Waals surface area contributed by atoms with E-state index < -0.39 is 0 Å². The van der Waals surface area contributed by atoms with Gasteiger partial charge in [0.1, 0.15) is 0 Å². The maximum absolute atomic E-state index is 12.3. The maximum atomic E-state index is 12.3. The third kappa shape index (κ3) is 5.26. The number of aldehydes is 1. The molecule has 1 fully saturated rings. The molecule has 8 heteroatoms. The predicted molar refractivity (Wildman–Crippen MR) is 105 cm³/mol. The summed E-state index contributed by atoms with van der Waals surface area (Å²) in [6.45, 7) is 7.47. The molecule has 0 spiro atoms. The standard InChI is InChI=1S/C17H19ClIN3O3/c1-2-16(24)22-7-5-21(6-8-22)4-3-20-17(25)13-10-15(19)14(18)9-12(13)11-23/h2,9-11H,1,3-8H2,(H,20,25). The van der Waals surface area contributed by atoms with Crippen LogP contribution in [0.15, 0.2) is 24.8 Å². The van der Waals surface area contributed by atoms with Crippen LogP contribution in [-0.2, 0) is 4.79 Å². The highest BCUT2D eigenvalue weighted by Crippen LogP contribution is 2.22. The van der Waals surface area contributed by atoms with E-state index in [2.05, 4.69) is 16.8 Å². The number of carbonyl (C=O) groups excluding carboxylic acids is 3. The lowest BCUT2D eigenvalue weighted by Gasteiger charge is -2.34. The summed E-state index contributed by atoms with van der Waals surface area (Å²) >= 11 is 8.00. The molecule has 134 valence electrons. The van der Waals surface area contributed by atoms with E-state index in [1.54, 1.807) is 11.0 Å². The van der Waals surface area contributed by atoms with E-state index in [4.69, 9.17) is 11.6 Å². The van der Waals surface area contributed by atoms with E-state index in [0.717, 1.165) is 16.7 Å². The van der Waals surface area contributed by atoms with Gasteiger partial charge in [-0.3, -0.25) is 19.3 Å². The number of halogens is 2. The fraction of sp³-hybridized carbons (Fsp3) is 0.353. The first-order valence-corrected chi connectivity index (χ1v) is 9.28. The second kappa shape index (κ2) is 9.30. The molecule has 0 radical (unpaired) electrons. The van der Waals surface area contributed by atoms with E-state index >= 15 is 0 Å². The Labute approximate surface area is 165 Å². The predicted octanol–water partition coefficient (Wildman–Crippen LogP) is 1.82. The van der Waals surface area contributed by atoms with Crippen molar-refractivity contribution >= 4 is 52.3 Å². The number of amides is 2. The molecule has 0 bridgehead atoms. The molecule has 1 aromatic carbocycles. The number of rotatable bonds is 6. The normalized spacial score (nSPS) is 14.9. The molecule has 6 nitrogen and oxygen atoms in total. The molecule has 25 heavy (non-hydrogen) atoms. The molecule has 2 amide bonds. The molecular weight excluding hydrogens is 457 g/mol. The number of hydrogen-bond donors (Lipinski definition) is 1. The van der Waals surface area contributed by atoms with E-state index in [1.165, 1.54) is 12.1 Å². The van der Waals surface area contributed by atoms with Crippen LogP contribution in [0.1, 0.15) is 20.7 Å². The maximum Gasteiger partial charge on any atom is 0.252 e. The number of nitrogens with zero attached hydrogens (tertiary/aromatic N) is 2. The Morgan fingerprint density at radius 2 is 1.96 bits per heavy atom. The van der Waals surface area contributed by atoms with E-state index in [-0.39, 0.29) is 17.4 Å². The Hall–Kier alpha value is -1.45. The first kappa shape index (κ1) is 19.9. The summed E-state index contributed by atoms with van der Waals surface area (Å²) in [6.07, 6.45) is 1.96. The molecule has 1 heterocycles. The van der Waals surface area contributed by atoms with Crippen LogP contribution in [0.2, 0.25) is 5.02 Å². The topological polar surface area (TPSA) is 69.7 Å². The molecule has 0 atom stereocenters. The third-order valence-electron chi connectivity index (χ3n) is 4.04. The monoisotopic (exact) mass is 475 g/mol. The zero-order valence-corrected chi connectivity index (χ0v) is 16.5. The quantitative estimate of drug-likeness (QED) is 0.387. The lowest BCUT2D eigenvalue weighted by molar-refractivity contribution is -0.127. The number of piperazine rings is 1. The number of carbonyl (C=O) groups is 3. The lowest BCUT2D eigenvalue weighted by atomic mass is 10.1.